The van der Waals surface area contributed by atoms with E-state index in [0.29, 0.717) is 11.5 Å². The molecule has 0 aliphatic rings. The summed E-state index contributed by atoms with van der Waals surface area (Å²) in [6.07, 6.45) is 5.94. The number of nitrogens with zero attached hydrogens (tertiary/aromatic N) is 4. The van der Waals surface area contributed by atoms with E-state index in [1.54, 1.807) is 0 Å². The third-order valence-corrected chi connectivity index (χ3v) is 15.2. The molecule has 11 aromatic rings. The first kappa shape index (κ1) is 50.9. The zero-order valence-electron chi connectivity index (χ0n) is 44.2. The molecule has 0 aliphatic carbocycles. The molecular formula is C69H62N4OPt-2. The molecule has 75 heavy (non-hydrogen) atoms. The first-order valence-corrected chi connectivity index (χ1v) is 25.7. The van der Waals surface area contributed by atoms with Crippen molar-refractivity contribution in [3.05, 3.63) is 270 Å². The average Bonchev–Trinajstić information content (AvgIpc) is 4.02. The molecule has 11 rings (SSSR count). The standard InChI is InChI=1S/C69H62N4O.Pt/c1-66(2,3)53-39-40-70-63(44-53)73-61-36-23-22-35-59(61)60-38-37-58(46-62(60)73)74-57-34-24-33-55(45-57)71-47-72(65(69(8,9)52-31-20-13-21-32-52)64(71)68(6,7)51-29-18-12-19-30-51)56-42-49(48-25-14-10-15-26-48)41-54(43-56)67(4,5)50-27-16-11-17-28-50;/h10-44H,1-9H3;/q-2;. The molecule has 0 saturated carbocycles. The maximum Gasteiger partial charge on any atom is 0.267 e. The molecule has 5 nitrogen and oxygen atoms in total. The maximum atomic E-state index is 6.86. The van der Waals surface area contributed by atoms with E-state index in [1.165, 1.54) is 27.8 Å². The van der Waals surface area contributed by atoms with Gasteiger partial charge in [-0.25, -0.2) is 4.98 Å². The Balaban J connectivity index is 0.00000641. The molecule has 0 saturated heterocycles. The summed E-state index contributed by atoms with van der Waals surface area (Å²) in [4.78, 5) is 4.91. The van der Waals surface area contributed by atoms with Crippen molar-refractivity contribution in [1.29, 1.82) is 0 Å². The van der Waals surface area contributed by atoms with Crippen molar-refractivity contribution in [3.63, 3.8) is 0 Å². The number of imidazole rings is 1. The summed E-state index contributed by atoms with van der Waals surface area (Å²) in [6, 6.07) is 80.8. The van der Waals surface area contributed by atoms with Gasteiger partial charge < -0.3 is 13.9 Å². The van der Waals surface area contributed by atoms with Crippen LogP contribution in [0.25, 0.3) is 50.1 Å². The summed E-state index contributed by atoms with van der Waals surface area (Å²) in [7, 11) is 0. The van der Waals surface area contributed by atoms with Gasteiger partial charge in [0.15, 0.2) is 0 Å². The monoisotopic (exact) mass is 1160 g/mol. The summed E-state index contributed by atoms with van der Waals surface area (Å²) in [5.41, 5.74) is 12.8. The molecule has 376 valence electrons. The van der Waals surface area contributed by atoms with Gasteiger partial charge in [0.2, 0.25) is 0 Å². The van der Waals surface area contributed by atoms with E-state index >= 15 is 0 Å². The van der Waals surface area contributed by atoms with Gasteiger partial charge in [-0.05, 0) is 85.8 Å². The fraction of sp³-hybridized carbons (Fsp3) is 0.188. The zero-order valence-corrected chi connectivity index (χ0v) is 46.5. The smallest absolute Gasteiger partial charge is 0.267 e. The van der Waals surface area contributed by atoms with Crippen LogP contribution in [0.15, 0.2) is 212 Å². The van der Waals surface area contributed by atoms with E-state index < -0.39 is 10.8 Å². The number of hydrogen-bond acceptors (Lipinski definition) is 2. The average molecular weight is 1160 g/mol. The Labute approximate surface area is 457 Å². The van der Waals surface area contributed by atoms with Gasteiger partial charge in [0, 0.05) is 60.5 Å². The van der Waals surface area contributed by atoms with E-state index in [9.17, 15) is 0 Å². The quantitative estimate of drug-likeness (QED) is 0.0903. The van der Waals surface area contributed by atoms with Crippen LogP contribution in [0, 0.1) is 18.5 Å². The van der Waals surface area contributed by atoms with E-state index in [4.69, 9.17) is 9.72 Å². The number of para-hydroxylation sites is 1. The fourth-order valence-electron chi connectivity index (χ4n) is 10.8. The third-order valence-electron chi connectivity index (χ3n) is 15.2. The second kappa shape index (κ2) is 19.9. The summed E-state index contributed by atoms with van der Waals surface area (Å²) in [5.74, 6) is 1.98. The molecule has 0 atom stereocenters. The van der Waals surface area contributed by atoms with Gasteiger partial charge >= 0.3 is 0 Å². The van der Waals surface area contributed by atoms with Crippen molar-refractivity contribution in [2.75, 3.05) is 0 Å². The number of aromatic nitrogens is 4. The van der Waals surface area contributed by atoms with Crippen LogP contribution in [0.5, 0.6) is 11.5 Å². The van der Waals surface area contributed by atoms with Crippen LogP contribution >= 0.6 is 0 Å². The molecule has 0 aliphatic heterocycles. The summed E-state index contributed by atoms with van der Waals surface area (Å²) >= 11 is 0. The second-order valence-electron chi connectivity index (χ2n) is 22.2. The van der Waals surface area contributed by atoms with Crippen molar-refractivity contribution < 1.29 is 30.4 Å². The molecule has 8 aromatic carbocycles. The number of rotatable bonds is 12. The predicted molar refractivity (Wildman–Crippen MR) is 302 cm³/mol. The van der Waals surface area contributed by atoms with Crippen LogP contribution in [0.2, 0.25) is 0 Å². The van der Waals surface area contributed by atoms with Crippen LogP contribution in [0.4, 0.5) is 0 Å². The number of hydrogen-bond donors (Lipinski definition) is 0. The molecule has 3 heterocycles. The molecule has 0 fully saturated rings. The largest absolute Gasteiger partial charge is 0.510 e. The van der Waals surface area contributed by atoms with Crippen LogP contribution in [-0.4, -0.2) is 14.1 Å². The fourth-order valence-corrected chi connectivity index (χ4v) is 10.8. The SMILES string of the molecule is CC(C)(C)c1ccnc(-n2c3[c-]c(Oc4[c-]c(-n5[c-][n+](-c6cc(-c7ccccc7)cc(C(C)(C)c7ccccc7)c6)c(C(C)(C)c6ccccc6)c5C(C)(C)c5ccccc5)ccc4)ccc3c3ccccc32)c1.[Pt]. The minimum absolute atomic E-state index is 0. The first-order valence-electron chi connectivity index (χ1n) is 25.7. The first-order chi connectivity index (χ1) is 35.6. The van der Waals surface area contributed by atoms with E-state index in [0.717, 1.165) is 61.5 Å². The molecule has 0 N–H and O–H groups in total. The maximum absolute atomic E-state index is 6.86. The zero-order chi connectivity index (χ0) is 51.4. The van der Waals surface area contributed by atoms with Crippen molar-refractivity contribution in [2.45, 2.75) is 84.0 Å². The Morgan fingerprint density at radius 3 is 1.71 bits per heavy atom. The molecule has 0 unspecified atom stereocenters. The molecule has 6 heteroatoms. The normalized spacial score (nSPS) is 12.2. The topological polar surface area (TPSA) is 35.9 Å². The second-order valence-corrected chi connectivity index (χ2v) is 22.2. The van der Waals surface area contributed by atoms with Crippen molar-refractivity contribution in [3.8, 4) is 39.8 Å². The Kier molecular flexibility index (Phi) is 13.5. The molecule has 0 radical (unpaired) electrons. The third kappa shape index (κ3) is 9.49. The van der Waals surface area contributed by atoms with Gasteiger partial charge in [0.1, 0.15) is 5.82 Å². The molecule has 0 amide bonds. The van der Waals surface area contributed by atoms with Crippen molar-refractivity contribution >= 4 is 21.8 Å². The van der Waals surface area contributed by atoms with Crippen LogP contribution in [-0.2, 0) is 42.7 Å². The summed E-state index contributed by atoms with van der Waals surface area (Å²) < 4.78 is 13.6. The van der Waals surface area contributed by atoms with Crippen LogP contribution < -0.4 is 9.30 Å². The minimum atomic E-state index is -0.539. The number of ether oxygens (including phenoxy) is 1. The van der Waals surface area contributed by atoms with Gasteiger partial charge in [-0.15, -0.1) is 29.7 Å². The van der Waals surface area contributed by atoms with Crippen molar-refractivity contribution in [2.24, 2.45) is 0 Å². The Morgan fingerprint density at radius 1 is 0.467 bits per heavy atom. The Morgan fingerprint density at radius 2 is 1.05 bits per heavy atom. The number of benzene rings is 8. The van der Waals surface area contributed by atoms with Gasteiger partial charge in [-0.3, -0.25) is 4.57 Å². The number of fused-ring (bicyclic) bond motifs is 3. The molecule has 0 spiro atoms. The van der Waals surface area contributed by atoms with Crippen LogP contribution in [0.1, 0.15) is 102 Å². The molecular weight excluding hydrogens is 1100 g/mol. The Bertz CT molecular complexity index is 3810. The van der Waals surface area contributed by atoms with E-state index in [1.807, 2.05) is 18.3 Å². The van der Waals surface area contributed by atoms with E-state index in [-0.39, 0.29) is 31.9 Å². The van der Waals surface area contributed by atoms with Crippen LogP contribution in [0.3, 0.4) is 0 Å². The Hall–Kier alpha value is -7.59. The van der Waals surface area contributed by atoms with E-state index in [2.05, 4.69) is 289 Å². The van der Waals surface area contributed by atoms with Gasteiger partial charge in [-0.2, -0.15) is 18.2 Å². The minimum Gasteiger partial charge on any atom is -0.510 e. The van der Waals surface area contributed by atoms with Gasteiger partial charge in [-0.1, -0.05) is 213 Å². The molecule has 0 bridgehead atoms. The van der Waals surface area contributed by atoms with Gasteiger partial charge in [0.25, 0.3) is 6.33 Å². The number of pyridine rings is 1. The van der Waals surface area contributed by atoms with Gasteiger partial charge in [0.05, 0.1) is 17.1 Å². The van der Waals surface area contributed by atoms with Crippen molar-refractivity contribution in [1.82, 2.24) is 14.1 Å². The summed E-state index contributed by atoms with van der Waals surface area (Å²) in [5, 5.41) is 2.21. The summed E-state index contributed by atoms with van der Waals surface area (Å²) in [6.45, 7) is 20.7. The molecule has 3 aromatic heterocycles. The predicted octanol–water partition coefficient (Wildman–Crippen LogP) is 16.4.